The van der Waals surface area contributed by atoms with Crippen molar-refractivity contribution in [3.63, 3.8) is 0 Å². The summed E-state index contributed by atoms with van der Waals surface area (Å²) in [6.07, 6.45) is 3.00. The summed E-state index contributed by atoms with van der Waals surface area (Å²) in [5.41, 5.74) is 2.55. The maximum Gasteiger partial charge on any atom is 0.247 e. The summed E-state index contributed by atoms with van der Waals surface area (Å²) in [4.78, 5) is 64.1. The molecule has 6 fully saturated rings. The molecule has 10 rings (SSSR count). The Morgan fingerprint density at radius 1 is 0.571 bits per heavy atom. The van der Waals surface area contributed by atoms with E-state index >= 15 is 0 Å². The Morgan fingerprint density at radius 2 is 1.00 bits per heavy atom. The Labute approximate surface area is 243 Å². The molecule has 2 aromatic rings. The zero-order chi connectivity index (χ0) is 28.1. The van der Waals surface area contributed by atoms with Crippen molar-refractivity contribution in [1.82, 2.24) is 19.6 Å². The van der Waals surface area contributed by atoms with Gasteiger partial charge in [0.1, 0.15) is 36.5 Å². The van der Waals surface area contributed by atoms with Crippen LogP contribution in [0.15, 0.2) is 48.5 Å². The van der Waals surface area contributed by atoms with Crippen molar-refractivity contribution < 1.29 is 19.2 Å². The summed E-state index contributed by atoms with van der Waals surface area (Å²) in [7, 11) is 0. The van der Waals surface area contributed by atoms with Crippen LogP contribution in [0.3, 0.4) is 0 Å². The average molecular weight is 565 g/mol. The van der Waals surface area contributed by atoms with Gasteiger partial charge in [-0.2, -0.15) is 0 Å². The molecular weight excluding hydrogens is 532 g/mol. The van der Waals surface area contributed by atoms with E-state index in [9.17, 15) is 19.2 Å². The van der Waals surface area contributed by atoms with Crippen molar-refractivity contribution >= 4 is 35.0 Å². The second-order valence-corrected chi connectivity index (χ2v) is 13.4. The predicted molar refractivity (Wildman–Crippen MR) is 151 cm³/mol. The number of piperazine rings is 2. The fraction of sp³-hybridized carbons (Fsp3) is 0.500. The van der Waals surface area contributed by atoms with Crippen molar-refractivity contribution in [2.24, 2.45) is 0 Å². The van der Waals surface area contributed by atoms with Gasteiger partial charge < -0.3 is 30.2 Å². The zero-order valence-electron chi connectivity index (χ0n) is 23.2. The van der Waals surface area contributed by atoms with Crippen LogP contribution >= 0.6 is 0 Å². The van der Waals surface area contributed by atoms with Crippen LogP contribution in [0.1, 0.15) is 49.7 Å². The van der Waals surface area contributed by atoms with Gasteiger partial charge in [-0.25, -0.2) is 0 Å². The highest BCUT2D eigenvalue weighted by Gasteiger charge is 2.78. The number of anilines is 2. The van der Waals surface area contributed by atoms with Crippen molar-refractivity contribution in [3.8, 4) is 0 Å². The molecule has 10 heteroatoms. The number of nitrogens with zero attached hydrogens (tertiary/aromatic N) is 4. The van der Waals surface area contributed by atoms with Gasteiger partial charge in [0.15, 0.2) is 0 Å². The van der Waals surface area contributed by atoms with Gasteiger partial charge in [0.25, 0.3) is 0 Å². The lowest BCUT2D eigenvalue weighted by molar-refractivity contribution is -0.158. The summed E-state index contributed by atoms with van der Waals surface area (Å²) in [6, 6.07) is 14.4. The third kappa shape index (κ3) is 2.34. The summed E-state index contributed by atoms with van der Waals surface area (Å²) in [5.74, 6) is 0.0849. The summed E-state index contributed by atoms with van der Waals surface area (Å²) >= 11 is 0. The van der Waals surface area contributed by atoms with Crippen LogP contribution in [-0.4, -0.2) is 92.8 Å². The number of amides is 4. The van der Waals surface area contributed by atoms with Crippen LogP contribution in [0, 0.1) is 0 Å². The van der Waals surface area contributed by atoms with E-state index in [2.05, 4.69) is 34.9 Å². The van der Waals surface area contributed by atoms with Crippen molar-refractivity contribution in [1.29, 1.82) is 0 Å². The highest BCUT2D eigenvalue weighted by Crippen LogP contribution is 2.69. The number of benzene rings is 2. The molecule has 0 spiro atoms. The first kappa shape index (κ1) is 23.5. The van der Waals surface area contributed by atoms with Gasteiger partial charge in [0.05, 0.1) is 10.8 Å². The molecule has 8 aliphatic rings. The van der Waals surface area contributed by atoms with E-state index in [0.29, 0.717) is 38.8 Å². The fourth-order valence-electron chi connectivity index (χ4n) is 10.7. The van der Waals surface area contributed by atoms with Gasteiger partial charge in [-0.3, -0.25) is 19.2 Å². The van der Waals surface area contributed by atoms with E-state index in [1.165, 1.54) is 0 Å². The number of rotatable bonds is 1. The summed E-state index contributed by atoms with van der Waals surface area (Å²) < 4.78 is 0. The fourth-order valence-corrected chi connectivity index (χ4v) is 10.7. The molecule has 42 heavy (non-hydrogen) atoms. The molecule has 4 amide bonds. The van der Waals surface area contributed by atoms with E-state index in [0.717, 1.165) is 35.3 Å². The molecule has 8 aliphatic heterocycles. The first-order valence-corrected chi connectivity index (χ1v) is 15.4. The molecule has 214 valence electrons. The third-order valence-corrected chi connectivity index (χ3v) is 12.1. The molecule has 10 nitrogen and oxygen atoms in total. The van der Waals surface area contributed by atoms with Gasteiger partial charge in [0.2, 0.25) is 23.6 Å². The number of fused-ring (bicyclic) bond motifs is 13. The first-order chi connectivity index (χ1) is 20.5. The maximum absolute atomic E-state index is 14.3. The number of hydrogen-bond donors (Lipinski definition) is 2. The van der Waals surface area contributed by atoms with Crippen molar-refractivity contribution in [2.45, 2.75) is 85.9 Å². The highest BCUT2D eigenvalue weighted by molar-refractivity contribution is 6.01. The molecule has 1 unspecified atom stereocenters. The second-order valence-electron chi connectivity index (χ2n) is 13.4. The molecule has 6 saturated heterocycles. The number of nitrogens with one attached hydrogen (secondary N) is 2. The van der Waals surface area contributed by atoms with E-state index in [1.54, 1.807) is 9.80 Å². The van der Waals surface area contributed by atoms with Crippen LogP contribution < -0.4 is 10.6 Å². The monoisotopic (exact) mass is 564 g/mol. The molecule has 8 heterocycles. The minimum Gasteiger partial charge on any atom is -0.364 e. The molecule has 0 bridgehead atoms. The molecule has 0 aliphatic carbocycles. The lowest BCUT2D eigenvalue weighted by Gasteiger charge is -2.48. The molecule has 2 aromatic carbocycles. The Bertz CT molecular complexity index is 1520. The Kier molecular flexibility index (Phi) is 4.17. The lowest BCUT2D eigenvalue weighted by atomic mass is 9.54. The van der Waals surface area contributed by atoms with Crippen LogP contribution in [0.4, 0.5) is 11.4 Å². The van der Waals surface area contributed by atoms with Gasteiger partial charge in [0, 0.05) is 24.5 Å². The lowest BCUT2D eigenvalue weighted by Crippen LogP contribution is -2.66. The zero-order valence-corrected chi connectivity index (χ0v) is 23.2. The number of para-hydroxylation sites is 2. The van der Waals surface area contributed by atoms with Gasteiger partial charge in [-0.1, -0.05) is 36.4 Å². The smallest absolute Gasteiger partial charge is 0.247 e. The van der Waals surface area contributed by atoms with E-state index in [-0.39, 0.29) is 23.6 Å². The average Bonchev–Trinajstić information content (AvgIpc) is 3.82. The minimum atomic E-state index is -0.744. The molecule has 0 aromatic heterocycles. The Morgan fingerprint density at radius 3 is 1.45 bits per heavy atom. The summed E-state index contributed by atoms with van der Waals surface area (Å²) in [5, 5.41) is 7.47. The Balaban J connectivity index is 1.23. The number of carbonyl (C=O) groups excluding carboxylic acids is 4. The van der Waals surface area contributed by atoms with E-state index in [1.807, 2.05) is 34.1 Å². The van der Waals surface area contributed by atoms with Crippen molar-refractivity contribution in [2.75, 3.05) is 23.7 Å². The number of hydrogen-bond acceptors (Lipinski definition) is 6. The SMILES string of the molecule is O=C1[C@@H]2CC3([C@@]45C[C@H]6C(=O)N7CCC[C@H]7C(=O)N6[C@@H]4Nc4ccccc45)c4ccccc4N[C@H]3N2C(=O)[C@@H]2CCCN12. The van der Waals surface area contributed by atoms with Crippen LogP contribution in [0.25, 0.3) is 0 Å². The number of carbonyl (C=O) groups is 4. The van der Waals surface area contributed by atoms with Crippen LogP contribution in [-0.2, 0) is 30.0 Å². The van der Waals surface area contributed by atoms with E-state index in [4.69, 9.17) is 0 Å². The van der Waals surface area contributed by atoms with Crippen molar-refractivity contribution in [3.05, 3.63) is 59.7 Å². The topological polar surface area (TPSA) is 105 Å². The molecular formula is C32H32N6O4. The minimum absolute atomic E-state index is 0.0139. The largest absolute Gasteiger partial charge is 0.364 e. The van der Waals surface area contributed by atoms with Gasteiger partial charge >= 0.3 is 0 Å². The maximum atomic E-state index is 14.3. The molecule has 0 radical (unpaired) electrons. The van der Waals surface area contributed by atoms with Gasteiger partial charge in [-0.15, -0.1) is 0 Å². The van der Waals surface area contributed by atoms with E-state index < -0.39 is 47.3 Å². The quantitative estimate of drug-likeness (QED) is 0.545. The standard InChI is InChI=1S/C32H32N6O4/c39-25-23-15-31(17-7-1-3-9-19(17)33-29(31)37(23)27(41)21-11-5-13-35(21)25)32-16-24-26(40)36-14-6-12-22(36)28(42)38(24)30(32)34-20-10-4-2-8-18(20)32/h1-4,7-10,21-24,29-30,33-34H,5-6,11-16H2/t21-,22-,23-,24-,29-,30-,31+,32?/m0/s1. The predicted octanol–water partition coefficient (Wildman–Crippen LogP) is 1.58. The molecule has 0 saturated carbocycles. The molecule has 8 atom stereocenters. The van der Waals surface area contributed by atoms with Crippen LogP contribution in [0.2, 0.25) is 0 Å². The highest BCUT2D eigenvalue weighted by atomic mass is 16.2. The molecule has 2 N–H and O–H groups in total. The van der Waals surface area contributed by atoms with Gasteiger partial charge in [-0.05, 0) is 61.8 Å². The Hall–Kier alpha value is -4.08. The normalized spacial score (nSPS) is 40.2. The second kappa shape index (κ2) is 7.46. The first-order valence-electron chi connectivity index (χ1n) is 15.4. The van der Waals surface area contributed by atoms with Crippen LogP contribution in [0.5, 0.6) is 0 Å². The third-order valence-electron chi connectivity index (χ3n) is 12.1. The summed E-state index contributed by atoms with van der Waals surface area (Å²) in [6.45, 7) is 1.24.